The molecule has 1 saturated heterocycles. The van der Waals surface area contributed by atoms with Crippen molar-refractivity contribution in [3.8, 4) is 5.75 Å². The van der Waals surface area contributed by atoms with Crippen molar-refractivity contribution in [1.29, 1.82) is 0 Å². The van der Waals surface area contributed by atoms with Crippen LogP contribution in [0.15, 0.2) is 36.4 Å². The van der Waals surface area contributed by atoms with Crippen LogP contribution in [0.5, 0.6) is 5.75 Å². The van der Waals surface area contributed by atoms with Gasteiger partial charge in [0.15, 0.2) is 0 Å². The monoisotopic (exact) mass is 395 g/mol. The summed E-state index contributed by atoms with van der Waals surface area (Å²) in [6.45, 7) is 7.14. The predicted molar refractivity (Wildman–Crippen MR) is 116 cm³/mol. The Hall–Kier alpha value is -2.07. The number of hydrogen-bond acceptors (Lipinski definition) is 3. The van der Waals surface area contributed by atoms with Crippen LogP contribution in [0.1, 0.15) is 57.9 Å². The summed E-state index contributed by atoms with van der Waals surface area (Å²) in [6, 6.07) is 13.0. The van der Waals surface area contributed by atoms with Crippen molar-refractivity contribution in [2.24, 2.45) is 11.3 Å². The highest BCUT2D eigenvalue weighted by molar-refractivity contribution is 5.84. The molecule has 2 aliphatic rings. The number of likely N-dealkylation sites (tertiary alicyclic amines) is 1. The molecule has 4 nitrogen and oxygen atoms in total. The van der Waals surface area contributed by atoms with E-state index in [1.165, 1.54) is 29.2 Å². The molecule has 29 heavy (non-hydrogen) atoms. The Kier molecular flexibility index (Phi) is 5.82. The first-order chi connectivity index (χ1) is 13.9. The Morgan fingerprint density at radius 1 is 1.10 bits per heavy atom. The molecule has 1 aliphatic carbocycles. The van der Waals surface area contributed by atoms with E-state index in [0.717, 1.165) is 44.5 Å². The fourth-order valence-electron chi connectivity index (χ4n) is 4.79. The third kappa shape index (κ3) is 5.11. The number of fused-ring (bicyclic) bond motifs is 1. The molecule has 0 aromatic heterocycles. The minimum absolute atomic E-state index is 0.228. The van der Waals surface area contributed by atoms with Crippen LogP contribution in [0.25, 0.3) is 10.8 Å². The van der Waals surface area contributed by atoms with Gasteiger partial charge in [0.25, 0.3) is 0 Å². The highest BCUT2D eigenvalue weighted by atomic mass is 16.5. The summed E-state index contributed by atoms with van der Waals surface area (Å²) in [5.74, 6) is 0.0758. The van der Waals surface area contributed by atoms with Crippen LogP contribution in [0, 0.1) is 11.3 Å². The molecule has 0 radical (unpaired) electrons. The van der Waals surface area contributed by atoms with Crippen LogP contribution >= 0.6 is 0 Å². The molecule has 2 aromatic carbocycles. The SMILES string of the molecule is CC1(C)CCC(Oc2ccc3cc(CN4CCCC(C(=O)O)C4)ccc3c2)CC1. The van der Waals surface area contributed by atoms with E-state index in [1.807, 2.05) is 0 Å². The second-order valence-corrected chi connectivity index (χ2v) is 9.74. The first-order valence-electron chi connectivity index (χ1n) is 11.0. The van der Waals surface area contributed by atoms with Crippen molar-refractivity contribution in [1.82, 2.24) is 4.90 Å². The van der Waals surface area contributed by atoms with E-state index >= 15 is 0 Å². The highest BCUT2D eigenvalue weighted by Crippen LogP contribution is 2.37. The maximum Gasteiger partial charge on any atom is 0.307 e. The van der Waals surface area contributed by atoms with Gasteiger partial charge in [0, 0.05) is 13.1 Å². The molecular formula is C25H33NO3. The first-order valence-corrected chi connectivity index (χ1v) is 11.0. The molecule has 4 rings (SSSR count). The van der Waals surface area contributed by atoms with Crippen molar-refractivity contribution < 1.29 is 14.6 Å². The van der Waals surface area contributed by atoms with Crippen LogP contribution in [0.4, 0.5) is 0 Å². The normalized spacial score (nSPS) is 23.2. The second kappa shape index (κ2) is 8.35. The van der Waals surface area contributed by atoms with E-state index in [4.69, 9.17) is 4.74 Å². The summed E-state index contributed by atoms with van der Waals surface area (Å²) in [6.07, 6.45) is 6.82. The van der Waals surface area contributed by atoms with E-state index in [2.05, 4.69) is 55.1 Å². The predicted octanol–water partition coefficient (Wildman–Crippen LogP) is 5.48. The highest BCUT2D eigenvalue weighted by Gasteiger charge is 2.28. The smallest absolute Gasteiger partial charge is 0.307 e. The van der Waals surface area contributed by atoms with Crippen molar-refractivity contribution in [2.45, 2.75) is 65.0 Å². The molecule has 1 atom stereocenters. The van der Waals surface area contributed by atoms with Gasteiger partial charge >= 0.3 is 5.97 Å². The number of ether oxygens (including phenoxy) is 1. The number of piperidine rings is 1. The zero-order valence-corrected chi connectivity index (χ0v) is 17.7. The zero-order chi connectivity index (χ0) is 20.4. The van der Waals surface area contributed by atoms with Crippen molar-refractivity contribution in [3.05, 3.63) is 42.0 Å². The minimum Gasteiger partial charge on any atom is -0.490 e. The maximum atomic E-state index is 11.3. The fraction of sp³-hybridized carbons (Fsp3) is 0.560. The van der Waals surface area contributed by atoms with Gasteiger partial charge in [-0.2, -0.15) is 0 Å². The Morgan fingerprint density at radius 3 is 2.59 bits per heavy atom. The van der Waals surface area contributed by atoms with Gasteiger partial charge in [-0.3, -0.25) is 9.69 Å². The average molecular weight is 396 g/mol. The Labute approximate surface area is 173 Å². The molecule has 1 saturated carbocycles. The number of carbonyl (C=O) groups is 1. The van der Waals surface area contributed by atoms with Gasteiger partial charge < -0.3 is 9.84 Å². The van der Waals surface area contributed by atoms with Gasteiger partial charge in [0.2, 0.25) is 0 Å². The number of carboxylic acids is 1. The fourth-order valence-corrected chi connectivity index (χ4v) is 4.79. The summed E-state index contributed by atoms with van der Waals surface area (Å²) in [5, 5.41) is 11.7. The van der Waals surface area contributed by atoms with Crippen LogP contribution < -0.4 is 4.74 Å². The van der Waals surface area contributed by atoms with E-state index < -0.39 is 5.97 Å². The molecule has 1 aliphatic heterocycles. The third-order valence-electron chi connectivity index (χ3n) is 6.73. The number of hydrogen-bond donors (Lipinski definition) is 1. The number of carboxylic acid groups (broad SMARTS) is 1. The summed E-state index contributed by atoms with van der Waals surface area (Å²) in [5.41, 5.74) is 1.70. The number of benzene rings is 2. The quantitative estimate of drug-likeness (QED) is 0.728. The van der Waals surface area contributed by atoms with E-state index in [1.54, 1.807) is 0 Å². The van der Waals surface area contributed by atoms with Gasteiger partial charge in [-0.25, -0.2) is 0 Å². The lowest BCUT2D eigenvalue weighted by molar-refractivity contribution is -0.143. The minimum atomic E-state index is -0.665. The number of rotatable bonds is 5. The molecule has 2 fully saturated rings. The van der Waals surface area contributed by atoms with Gasteiger partial charge in [-0.15, -0.1) is 0 Å². The molecule has 2 aromatic rings. The number of nitrogens with zero attached hydrogens (tertiary/aromatic N) is 1. The maximum absolute atomic E-state index is 11.3. The van der Waals surface area contributed by atoms with Gasteiger partial charge in [0.05, 0.1) is 12.0 Å². The third-order valence-corrected chi connectivity index (χ3v) is 6.73. The lowest BCUT2D eigenvalue weighted by Crippen LogP contribution is -2.38. The van der Waals surface area contributed by atoms with Crippen molar-refractivity contribution >= 4 is 16.7 Å². The molecule has 1 N–H and O–H groups in total. The van der Waals surface area contributed by atoms with Crippen LogP contribution in [-0.4, -0.2) is 35.2 Å². The van der Waals surface area contributed by atoms with Gasteiger partial charge in [-0.1, -0.05) is 32.0 Å². The van der Waals surface area contributed by atoms with Crippen molar-refractivity contribution in [2.75, 3.05) is 13.1 Å². The molecular weight excluding hydrogens is 362 g/mol. The van der Waals surface area contributed by atoms with Crippen LogP contribution in [0.3, 0.4) is 0 Å². The number of aliphatic carboxylic acids is 1. The van der Waals surface area contributed by atoms with Crippen molar-refractivity contribution in [3.63, 3.8) is 0 Å². The van der Waals surface area contributed by atoms with E-state index in [-0.39, 0.29) is 5.92 Å². The summed E-state index contributed by atoms with van der Waals surface area (Å²) < 4.78 is 6.28. The summed E-state index contributed by atoms with van der Waals surface area (Å²) >= 11 is 0. The Bertz CT molecular complexity index is 865. The summed E-state index contributed by atoms with van der Waals surface area (Å²) in [7, 11) is 0. The van der Waals surface area contributed by atoms with E-state index in [9.17, 15) is 9.90 Å². The molecule has 1 heterocycles. The van der Waals surface area contributed by atoms with Gasteiger partial charge in [0.1, 0.15) is 5.75 Å². The Balaban J connectivity index is 1.40. The zero-order valence-electron chi connectivity index (χ0n) is 17.7. The second-order valence-electron chi connectivity index (χ2n) is 9.74. The lowest BCUT2D eigenvalue weighted by atomic mass is 9.76. The molecule has 1 unspecified atom stereocenters. The molecule has 0 spiro atoms. The lowest BCUT2D eigenvalue weighted by Gasteiger charge is -2.34. The topological polar surface area (TPSA) is 49.8 Å². The van der Waals surface area contributed by atoms with E-state index in [0.29, 0.717) is 18.1 Å². The molecule has 4 heteroatoms. The molecule has 156 valence electrons. The van der Waals surface area contributed by atoms with Gasteiger partial charge in [-0.05, 0) is 85.0 Å². The average Bonchev–Trinajstić information content (AvgIpc) is 2.70. The Morgan fingerprint density at radius 2 is 1.83 bits per heavy atom. The molecule has 0 amide bonds. The van der Waals surface area contributed by atoms with Crippen LogP contribution in [0.2, 0.25) is 0 Å². The summed E-state index contributed by atoms with van der Waals surface area (Å²) in [4.78, 5) is 13.6. The largest absolute Gasteiger partial charge is 0.490 e. The molecule has 0 bridgehead atoms. The standard InChI is InChI=1S/C25H33NO3/c1-25(2)11-9-22(10-12-25)29-23-8-7-19-14-18(5-6-20(19)15-23)16-26-13-3-4-21(17-26)24(27)28/h5-8,14-15,21-22H,3-4,9-13,16-17H2,1-2H3,(H,27,28). The van der Waals surface area contributed by atoms with Crippen LogP contribution in [-0.2, 0) is 11.3 Å². The first kappa shape index (κ1) is 20.2.